The van der Waals surface area contributed by atoms with Crippen LogP contribution in [0.2, 0.25) is 0 Å². The number of halogens is 1. The first-order valence-electron chi connectivity index (χ1n) is 6.44. The molecule has 1 rings (SSSR count). The molecule has 0 bridgehead atoms. The quantitative estimate of drug-likeness (QED) is 0.423. The van der Waals surface area contributed by atoms with Crippen molar-refractivity contribution in [1.82, 2.24) is 0 Å². The van der Waals surface area contributed by atoms with Crippen LogP contribution >= 0.6 is 15.9 Å². The lowest BCUT2D eigenvalue weighted by atomic mass is 10.1. The largest absolute Gasteiger partial charge is 0.493 e. The monoisotopic (exact) mass is 329 g/mol. The van der Waals surface area contributed by atoms with Gasteiger partial charge >= 0.3 is 0 Å². The molecule has 19 heavy (non-hydrogen) atoms. The fourth-order valence-electron chi connectivity index (χ4n) is 1.95. The topological polar surface area (TPSA) is 52.4 Å². The maximum atomic E-state index is 10.8. The highest BCUT2D eigenvalue weighted by atomic mass is 79.9. The predicted molar refractivity (Wildman–Crippen MR) is 80.3 cm³/mol. The van der Waals surface area contributed by atoms with Gasteiger partial charge in [-0.05, 0) is 31.9 Å². The van der Waals surface area contributed by atoms with Gasteiger partial charge in [-0.3, -0.25) is 10.1 Å². The van der Waals surface area contributed by atoms with E-state index in [1.165, 1.54) is 0 Å². The van der Waals surface area contributed by atoms with Crippen LogP contribution in [0.1, 0.15) is 30.9 Å². The van der Waals surface area contributed by atoms with Crippen LogP contribution in [0.4, 0.5) is 5.69 Å². The van der Waals surface area contributed by atoms with Crippen molar-refractivity contribution in [2.45, 2.75) is 33.6 Å². The highest BCUT2D eigenvalue weighted by Gasteiger charge is 2.15. The van der Waals surface area contributed by atoms with Crippen molar-refractivity contribution in [3.8, 4) is 5.75 Å². The lowest BCUT2D eigenvalue weighted by molar-refractivity contribution is -0.385. The molecule has 1 atom stereocenters. The Kier molecular flexibility index (Phi) is 6.28. The SMILES string of the molecule is CCCC(CBr)COc1cc(C)c([N+](=O)[O-])cc1C. The molecule has 4 nitrogen and oxygen atoms in total. The average molecular weight is 330 g/mol. The molecule has 106 valence electrons. The van der Waals surface area contributed by atoms with E-state index in [0.717, 1.165) is 29.5 Å². The summed E-state index contributed by atoms with van der Waals surface area (Å²) in [5.41, 5.74) is 1.59. The number of alkyl halides is 1. The molecule has 0 heterocycles. The highest BCUT2D eigenvalue weighted by Crippen LogP contribution is 2.28. The number of nitro groups is 1. The van der Waals surface area contributed by atoms with Gasteiger partial charge in [-0.2, -0.15) is 0 Å². The number of hydrogen-bond donors (Lipinski definition) is 0. The van der Waals surface area contributed by atoms with Gasteiger partial charge in [0.2, 0.25) is 0 Å². The number of rotatable bonds is 7. The molecule has 0 spiro atoms. The number of hydrogen-bond acceptors (Lipinski definition) is 3. The summed E-state index contributed by atoms with van der Waals surface area (Å²) in [6.07, 6.45) is 2.23. The minimum absolute atomic E-state index is 0.149. The Hall–Kier alpha value is -1.10. The van der Waals surface area contributed by atoms with Gasteiger partial charge in [0.1, 0.15) is 5.75 Å². The standard InChI is InChI=1S/C14H20BrNO3/c1-4-5-12(8-15)9-19-14-7-10(2)13(16(17)18)6-11(14)3/h6-7,12H,4-5,8-9H2,1-3H3. The van der Waals surface area contributed by atoms with Crippen molar-refractivity contribution in [2.75, 3.05) is 11.9 Å². The maximum Gasteiger partial charge on any atom is 0.272 e. The second-order valence-corrected chi connectivity index (χ2v) is 5.43. The third kappa shape index (κ3) is 4.49. The lowest BCUT2D eigenvalue weighted by Gasteiger charge is -2.16. The smallest absolute Gasteiger partial charge is 0.272 e. The van der Waals surface area contributed by atoms with Crippen molar-refractivity contribution >= 4 is 21.6 Å². The summed E-state index contributed by atoms with van der Waals surface area (Å²) in [6.45, 7) is 6.36. The van der Waals surface area contributed by atoms with Crippen molar-refractivity contribution in [2.24, 2.45) is 5.92 Å². The Balaban J connectivity index is 2.79. The first-order chi connectivity index (χ1) is 8.99. The summed E-state index contributed by atoms with van der Waals surface area (Å²) in [5, 5.41) is 11.8. The molecule has 0 fully saturated rings. The number of nitrogens with zero attached hydrogens (tertiary/aromatic N) is 1. The average Bonchev–Trinajstić information content (AvgIpc) is 2.37. The first kappa shape index (κ1) is 16.0. The van der Waals surface area contributed by atoms with E-state index in [1.54, 1.807) is 19.1 Å². The second-order valence-electron chi connectivity index (χ2n) is 4.78. The second kappa shape index (κ2) is 7.48. The van der Waals surface area contributed by atoms with Crippen LogP contribution in [0.5, 0.6) is 5.75 Å². The zero-order valence-electron chi connectivity index (χ0n) is 11.6. The maximum absolute atomic E-state index is 10.8. The number of benzene rings is 1. The number of ether oxygens (including phenoxy) is 1. The van der Waals surface area contributed by atoms with Crippen molar-refractivity contribution in [3.05, 3.63) is 33.4 Å². The van der Waals surface area contributed by atoms with E-state index in [2.05, 4.69) is 22.9 Å². The van der Waals surface area contributed by atoms with Crippen molar-refractivity contribution in [1.29, 1.82) is 0 Å². The summed E-state index contributed by atoms with van der Waals surface area (Å²) in [6, 6.07) is 3.33. The van der Waals surface area contributed by atoms with Crippen LogP contribution in [-0.4, -0.2) is 16.9 Å². The minimum Gasteiger partial charge on any atom is -0.493 e. The fraction of sp³-hybridized carbons (Fsp3) is 0.571. The zero-order valence-corrected chi connectivity index (χ0v) is 13.2. The Bertz CT molecular complexity index is 449. The fourth-order valence-corrected chi connectivity index (χ4v) is 2.46. The molecular formula is C14H20BrNO3. The van der Waals surface area contributed by atoms with E-state index >= 15 is 0 Å². The Labute approximate surface area is 122 Å². The molecule has 0 amide bonds. The van der Waals surface area contributed by atoms with Gasteiger partial charge in [0.15, 0.2) is 0 Å². The molecule has 0 aliphatic heterocycles. The van der Waals surface area contributed by atoms with E-state index in [9.17, 15) is 10.1 Å². The van der Waals surface area contributed by atoms with Crippen molar-refractivity contribution < 1.29 is 9.66 Å². The predicted octanol–water partition coefficient (Wildman–Crippen LogP) is 4.40. The number of nitro benzene ring substituents is 1. The molecule has 0 N–H and O–H groups in total. The molecule has 1 aromatic rings. The highest BCUT2D eigenvalue weighted by molar-refractivity contribution is 9.09. The van der Waals surface area contributed by atoms with Crippen LogP contribution in [0.15, 0.2) is 12.1 Å². The molecular weight excluding hydrogens is 310 g/mol. The molecule has 0 aliphatic rings. The van der Waals surface area contributed by atoms with E-state index in [4.69, 9.17) is 4.74 Å². The first-order valence-corrected chi connectivity index (χ1v) is 7.56. The Morgan fingerprint density at radius 2 is 2.05 bits per heavy atom. The molecule has 0 saturated heterocycles. The summed E-state index contributed by atoms with van der Waals surface area (Å²) in [4.78, 5) is 10.5. The summed E-state index contributed by atoms with van der Waals surface area (Å²) in [7, 11) is 0. The van der Waals surface area contributed by atoms with Gasteiger partial charge in [-0.1, -0.05) is 29.3 Å². The van der Waals surface area contributed by atoms with Crippen LogP contribution in [0.25, 0.3) is 0 Å². The molecule has 1 unspecified atom stereocenters. The van der Waals surface area contributed by atoms with Crippen molar-refractivity contribution in [3.63, 3.8) is 0 Å². The van der Waals surface area contributed by atoms with Crippen LogP contribution < -0.4 is 4.74 Å². The Morgan fingerprint density at radius 3 is 2.58 bits per heavy atom. The third-order valence-electron chi connectivity index (χ3n) is 3.08. The third-order valence-corrected chi connectivity index (χ3v) is 4.00. The molecule has 0 saturated carbocycles. The summed E-state index contributed by atoms with van der Waals surface area (Å²) in [5.74, 6) is 1.21. The van der Waals surface area contributed by atoms with Crippen LogP contribution in [0, 0.1) is 29.9 Å². The Morgan fingerprint density at radius 1 is 1.37 bits per heavy atom. The molecule has 1 aromatic carbocycles. The molecule has 5 heteroatoms. The van der Waals surface area contributed by atoms with Gasteiger partial charge in [0.25, 0.3) is 5.69 Å². The van der Waals surface area contributed by atoms with E-state index in [-0.39, 0.29) is 10.6 Å². The zero-order chi connectivity index (χ0) is 14.4. The normalized spacial score (nSPS) is 12.2. The van der Waals surface area contributed by atoms with E-state index in [0.29, 0.717) is 18.1 Å². The van der Waals surface area contributed by atoms with E-state index in [1.807, 2.05) is 6.92 Å². The molecule has 0 radical (unpaired) electrons. The van der Waals surface area contributed by atoms with Gasteiger partial charge in [0, 0.05) is 22.9 Å². The lowest BCUT2D eigenvalue weighted by Crippen LogP contribution is -2.14. The molecule has 0 aromatic heterocycles. The summed E-state index contributed by atoms with van der Waals surface area (Å²) >= 11 is 3.48. The van der Waals surface area contributed by atoms with Gasteiger partial charge in [0.05, 0.1) is 11.5 Å². The van der Waals surface area contributed by atoms with Gasteiger partial charge in [-0.15, -0.1) is 0 Å². The minimum atomic E-state index is -0.357. The number of aryl methyl sites for hydroxylation is 2. The van der Waals surface area contributed by atoms with Gasteiger partial charge in [-0.25, -0.2) is 0 Å². The van der Waals surface area contributed by atoms with Crippen LogP contribution in [0.3, 0.4) is 0 Å². The molecule has 0 aliphatic carbocycles. The van der Waals surface area contributed by atoms with Crippen LogP contribution in [-0.2, 0) is 0 Å². The van der Waals surface area contributed by atoms with E-state index < -0.39 is 0 Å². The summed E-state index contributed by atoms with van der Waals surface area (Å²) < 4.78 is 5.81. The van der Waals surface area contributed by atoms with Gasteiger partial charge < -0.3 is 4.74 Å².